The average Bonchev–Trinajstić information content (AvgIpc) is 2.77. The van der Waals surface area contributed by atoms with Gasteiger partial charge in [0.2, 0.25) is 5.91 Å². The lowest BCUT2D eigenvalue weighted by molar-refractivity contribution is -0.122. The van der Waals surface area contributed by atoms with Crippen LogP contribution in [0.15, 0.2) is 59.4 Å². The Morgan fingerprint density at radius 1 is 1.13 bits per heavy atom. The highest BCUT2D eigenvalue weighted by molar-refractivity contribution is 5.76. The maximum absolute atomic E-state index is 12.8. The zero-order valence-corrected chi connectivity index (χ0v) is 17.0. The van der Waals surface area contributed by atoms with Crippen molar-refractivity contribution < 1.29 is 9.53 Å². The molecule has 1 N–H and O–H groups in total. The van der Waals surface area contributed by atoms with E-state index in [1.54, 1.807) is 21.0 Å². The fourth-order valence-corrected chi connectivity index (χ4v) is 3.15. The van der Waals surface area contributed by atoms with Crippen LogP contribution in [-0.2, 0) is 11.3 Å². The number of nitriles is 1. The van der Waals surface area contributed by atoms with Crippen molar-refractivity contribution in [3.05, 3.63) is 92.9 Å². The van der Waals surface area contributed by atoms with E-state index in [2.05, 4.69) is 10.4 Å². The maximum Gasteiger partial charge on any atom is 0.285 e. The summed E-state index contributed by atoms with van der Waals surface area (Å²) in [5, 5.41) is 16.4. The Kier molecular flexibility index (Phi) is 6.28. The van der Waals surface area contributed by atoms with Crippen LogP contribution in [0.2, 0.25) is 0 Å². The molecule has 0 aliphatic carbocycles. The van der Waals surface area contributed by atoms with Crippen LogP contribution in [-0.4, -0.2) is 22.8 Å². The number of aryl methyl sites for hydroxylation is 1. The molecule has 0 spiro atoms. The Morgan fingerprint density at radius 2 is 1.77 bits per heavy atom. The summed E-state index contributed by atoms with van der Waals surface area (Å²) in [5.41, 5.74) is 2.26. The number of hydrogen-bond donors (Lipinski definition) is 1. The minimum absolute atomic E-state index is 0.00469. The van der Waals surface area contributed by atoms with Gasteiger partial charge in [0.15, 0.2) is 0 Å². The van der Waals surface area contributed by atoms with E-state index in [1.807, 2.05) is 60.7 Å². The Morgan fingerprint density at radius 3 is 2.37 bits per heavy atom. The average molecular weight is 402 g/mol. The maximum atomic E-state index is 12.8. The van der Waals surface area contributed by atoms with Gasteiger partial charge in [-0.2, -0.15) is 10.4 Å². The fraction of sp³-hybridized carbons (Fsp3) is 0.217. The van der Waals surface area contributed by atoms with Gasteiger partial charge in [0.1, 0.15) is 23.9 Å². The second-order valence-electron chi connectivity index (χ2n) is 6.84. The van der Waals surface area contributed by atoms with Gasteiger partial charge in [0.25, 0.3) is 5.56 Å². The van der Waals surface area contributed by atoms with Crippen molar-refractivity contribution >= 4 is 5.91 Å². The molecular weight excluding hydrogens is 380 g/mol. The van der Waals surface area contributed by atoms with E-state index in [0.29, 0.717) is 17.0 Å². The monoisotopic (exact) mass is 402 g/mol. The first-order valence-corrected chi connectivity index (χ1v) is 9.41. The van der Waals surface area contributed by atoms with Gasteiger partial charge in [-0.25, -0.2) is 4.68 Å². The number of rotatable bonds is 6. The molecule has 1 heterocycles. The number of ether oxygens (including phenoxy) is 1. The highest BCUT2D eigenvalue weighted by atomic mass is 16.5. The number of methoxy groups -OCH3 is 1. The molecule has 0 saturated carbocycles. The number of benzene rings is 2. The molecule has 0 radical (unpaired) electrons. The molecule has 3 aromatic rings. The Balaban J connectivity index is 1.90. The number of nitrogens with zero attached hydrogens (tertiary/aromatic N) is 3. The van der Waals surface area contributed by atoms with Gasteiger partial charge in [-0.05, 0) is 42.7 Å². The third kappa shape index (κ3) is 4.39. The number of amides is 1. The van der Waals surface area contributed by atoms with Gasteiger partial charge in [-0.15, -0.1) is 0 Å². The van der Waals surface area contributed by atoms with Crippen LogP contribution in [0.25, 0.3) is 0 Å². The predicted octanol–water partition coefficient (Wildman–Crippen LogP) is 2.65. The van der Waals surface area contributed by atoms with Crippen LogP contribution in [0.1, 0.15) is 34.0 Å². The number of aromatic nitrogens is 2. The smallest absolute Gasteiger partial charge is 0.285 e. The lowest BCUT2D eigenvalue weighted by Gasteiger charge is -2.20. The summed E-state index contributed by atoms with van der Waals surface area (Å²) in [6.07, 6.45) is 0. The quantitative estimate of drug-likeness (QED) is 0.684. The van der Waals surface area contributed by atoms with Gasteiger partial charge in [0, 0.05) is 0 Å². The second-order valence-corrected chi connectivity index (χ2v) is 6.84. The molecule has 0 unspecified atom stereocenters. The van der Waals surface area contributed by atoms with Crippen molar-refractivity contribution in [2.45, 2.75) is 26.4 Å². The summed E-state index contributed by atoms with van der Waals surface area (Å²) < 4.78 is 6.24. The normalized spacial score (nSPS) is 11.4. The van der Waals surface area contributed by atoms with Crippen LogP contribution in [0.4, 0.5) is 0 Å². The van der Waals surface area contributed by atoms with Gasteiger partial charge < -0.3 is 10.1 Å². The molecule has 1 atom stereocenters. The Labute approximate surface area is 174 Å². The van der Waals surface area contributed by atoms with Crippen molar-refractivity contribution in [3.8, 4) is 11.8 Å². The molecule has 0 bridgehead atoms. The standard InChI is InChI=1S/C23H22N4O3/c1-15-16(2)26-27(23(29)20(15)13-24)14-21(28)25-22(17-7-5-4-6-8-17)18-9-11-19(30-3)12-10-18/h4-12,22H,14H2,1-3H3,(H,25,28)/t22-/m1/s1. The number of hydrogen-bond acceptors (Lipinski definition) is 5. The molecular formula is C23H22N4O3. The first-order chi connectivity index (χ1) is 14.4. The van der Waals surface area contributed by atoms with Crippen molar-refractivity contribution in [1.82, 2.24) is 15.1 Å². The molecule has 1 aromatic heterocycles. The number of carbonyl (C=O) groups is 1. The topological polar surface area (TPSA) is 97.0 Å². The van der Waals surface area contributed by atoms with E-state index in [-0.39, 0.29) is 18.0 Å². The fourth-order valence-electron chi connectivity index (χ4n) is 3.15. The van der Waals surface area contributed by atoms with Gasteiger partial charge in [-0.1, -0.05) is 42.5 Å². The van der Waals surface area contributed by atoms with Gasteiger partial charge in [-0.3, -0.25) is 9.59 Å². The number of carbonyl (C=O) groups excluding carboxylic acids is 1. The molecule has 0 aliphatic heterocycles. The van der Waals surface area contributed by atoms with Crippen LogP contribution < -0.4 is 15.6 Å². The molecule has 0 aliphatic rings. The molecule has 1 amide bonds. The van der Waals surface area contributed by atoms with Crippen molar-refractivity contribution in [3.63, 3.8) is 0 Å². The summed E-state index contributed by atoms with van der Waals surface area (Å²) in [6.45, 7) is 3.09. The zero-order chi connectivity index (χ0) is 21.7. The first-order valence-electron chi connectivity index (χ1n) is 9.41. The predicted molar refractivity (Wildman–Crippen MR) is 112 cm³/mol. The molecule has 7 nitrogen and oxygen atoms in total. The van der Waals surface area contributed by atoms with Crippen LogP contribution in [0.3, 0.4) is 0 Å². The highest BCUT2D eigenvalue weighted by Gasteiger charge is 2.19. The molecule has 0 saturated heterocycles. The van der Waals surface area contributed by atoms with E-state index in [4.69, 9.17) is 4.74 Å². The second kappa shape index (κ2) is 9.05. The van der Waals surface area contributed by atoms with Crippen LogP contribution in [0, 0.1) is 25.2 Å². The Hall–Kier alpha value is -3.92. The molecule has 0 fully saturated rings. The summed E-state index contributed by atoms with van der Waals surface area (Å²) >= 11 is 0. The largest absolute Gasteiger partial charge is 0.497 e. The minimum atomic E-state index is -0.573. The van der Waals surface area contributed by atoms with E-state index in [9.17, 15) is 14.9 Å². The number of nitrogens with one attached hydrogen (secondary N) is 1. The molecule has 30 heavy (non-hydrogen) atoms. The zero-order valence-electron chi connectivity index (χ0n) is 17.0. The highest BCUT2D eigenvalue weighted by Crippen LogP contribution is 2.24. The van der Waals surface area contributed by atoms with Crippen LogP contribution in [0.5, 0.6) is 5.75 Å². The summed E-state index contributed by atoms with van der Waals surface area (Å²) in [6, 6.07) is 18.4. The van der Waals surface area contributed by atoms with E-state index in [1.165, 1.54) is 0 Å². The van der Waals surface area contributed by atoms with Gasteiger partial charge >= 0.3 is 0 Å². The third-order valence-electron chi connectivity index (χ3n) is 4.93. The van der Waals surface area contributed by atoms with E-state index in [0.717, 1.165) is 15.8 Å². The molecule has 3 rings (SSSR count). The van der Waals surface area contributed by atoms with Crippen molar-refractivity contribution in [1.29, 1.82) is 5.26 Å². The summed E-state index contributed by atoms with van der Waals surface area (Å²) in [5.74, 6) is 0.327. The molecule has 2 aromatic carbocycles. The lowest BCUT2D eigenvalue weighted by atomic mass is 9.98. The Bertz CT molecular complexity index is 1150. The van der Waals surface area contributed by atoms with Gasteiger partial charge in [0.05, 0.1) is 18.8 Å². The lowest BCUT2D eigenvalue weighted by Crippen LogP contribution is -2.37. The van der Waals surface area contributed by atoms with Crippen LogP contribution >= 0.6 is 0 Å². The van der Waals surface area contributed by atoms with Crippen molar-refractivity contribution in [2.24, 2.45) is 0 Å². The molecule has 7 heteroatoms. The third-order valence-corrected chi connectivity index (χ3v) is 4.93. The first kappa shape index (κ1) is 20.8. The SMILES string of the molecule is COc1ccc([C@H](NC(=O)Cn2nc(C)c(C)c(C#N)c2=O)c2ccccc2)cc1. The van der Waals surface area contributed by atoms with Crippen molar-refractivity contribution in [2.75, 3.05) is 7.11 Å². The summed E-state index contributed by atoms with van der Waals surface area (Å²) in [4.78, 5) is 25.3. The summed E-state index contributed by atoms with van der Waals surface area (Å²) in [7, 11) is 1.59. The minimum Gasteiger partial charge on any atom is -0.497 e. The van der Waals surface area contributed by atoms with E-state index >= 15 is 0 Å². The van der Waals surface area contributed by atoms with E-state index < -0.39 is 11.6 Å². The molecule has 152 valence electrons.